The highest BCUT2D eigenvalue weighted by molar-refractivity contribution is 9.10. The molecular weight excluding hydrogens is 329 g/mol. The Hall–Kier alpha value is -1.95. The second kappa shape index (κ2) is 6.00. The van der Waals surface area contributed by atoms with Crippen molar-refractivity contribution in [2.24, 2.45) is 0 Å². The summed E-state index contributed by atoms with van der Waals surface area (Å²) in [5, 5.41) is 10.9. The van der Waals surface area contributed by atoms with Crippen molar-refractivity contribution >= 4 is 21.6 Å². The van der Waals surface area contributed by atoms with Crippen molar-refractivity contribution in [3.63, 3.8) is 0 Å². The molecule has 0 N–H and O–H groups in total. The average Bonchev–Trinajstić information content (AvgIpc) is 2.37. The zero-order valence-electron chi connectivity index (χ0n) is 10.6. The summed E-state index contributed by atoms with van der Waals surface area (Å²) in [7, 11) is 0. The Labute approximate surface area is 123 Å². The molecule has 0 atom stereocenters. The maximum atomic E-state index is 13.2. The lowest BCUT2D eigenvalue weighted by molar-refractivity contribution is -0.385. The molecule has 0 aliphatic rings. The highest BCUT2D eigenvalue weighted by Gasteiger charge is 2.15. The molecule has 0 saturated heterocycles. The number of nitro groups is 1. The van der Waals surface area contributed by atoms with E-state index < -0.39 is 10.7 Å². The van der Waals surface area contributed by atoms with E-state index in [1.807, 2.05) is 19.1 Å². The molecule has 0 aliphatic carbocycles. The predicted molar refractivity (Wildman–Crippen MR) is 76.3 cm³/mol. The van der Waals surface area contributed by atoms with E-state index in [1.54, 1.807) is 6.07 Å². The van der Waals surface area contributed by atoms with E-state index in [0.717, 1.165) is 28.2 Å². The first-order chi connectivity index (χ1) is 9.47. The molecule has 0 aliphatic heterocycles. The SMILES string of the molecule is Cc1cc(Br)ccc1OCc1cc(F)ccc1[N+](=O)[O-]. The Morgan fingerprint density at radius 3 is 2.70 bits per heavy atom. The molecule has 0 aromatic heterocycles. The number of nitro benzene ring substituents is 1. The number of ether oxygens (including phenoxy) is 1. The van der Waals surface area contributed by atoms with Gasteiger partial charge >= 0.3 is 0 Å². The van der Waals surface area contributed by atoms with Crippen LogP contribution in [0.2, 0.25) is 0 Å². The molecule has 6 heteroatoms. The van der Waals surface area contributed by atoms with Crippen molar-refractivity contribution < 1.29 is 14.1 Å². The van der Waals surface area contributed by atoms with Crippen LogP contribution in [0.1, 0.15) is 11.1 Å². The predicted octanol–water partition coefficient (Wildman–Crippen LogP) is 4.38. The van der Waals surface area contributed by atoms with Crippen LogP contribution in [0, 0.1) is 22.9 Å². The number of hydrogen-bond acceptors (Lipinski definition) is 3. The van der Waals surface area contributed by atoms with Gasteiger partial charge < -0.3 is 4.74 Å². The van der Waals surface area contributed by atoms with Gasteiger partial charge in [-0.3, -0.25) is 10.1 Å². The van der Waals surface area contributed by atoms with E-state index in [9.17, 15) is 14.5 Å². The normalized spacial score (nSPS) is 10.3. The molecule has 0 radical (unpaired) electrons. The Morgan fingerprint density at radius 2 is 2.05 bits per heavy atom. The van der Waals surface area contributed by atoms with Crippen LogP contribution in [0.4, 0.5) is 10.1 Å². The number of nitrogens with zero attached hydrogens (tertiary/aromatic N) is 1. The molecule has 104 valence electrons. The number of benzene rings is 2. The van der Waals surface area contributed by atoms with Crippen molar-refractivity contribution in [3.05, 3.63) is 67.9 Å². The van der Waals surface area contributed by atoms with E-state index >= 15 is 0 Å². The summed E-state index contributed by atoms with van der Waals surface area (Å²) in [6, 6.07) is 8.75. The van der Waals surface area contributed by atoms with Gasteiger partial charge in [0.1, 0.15) is 18.2 Å². The van der Waals surface area contributed by atoms with Crippen molar-refractivity contribution in [1.29, 1.82) is 0 Å². The van der Waals surface area contributed by atoms with Gasteiger partial charge in [-0.05, 0) is 42.8 Å². The van der Waals surface area contributed by atoms with Crippen molar-refractivity contribution in [3.8, 4) is 5.75 Å². The van der Waals surface area contributed by atoms with Gasteiger partial charge in [-0.25, -0.2) is 4.39 Å². The third-order valence-corrected chi connectivity index (χ3v) is 3.25. The maximum Gasteiger partial charge on any atom is 0.276 e. The van der Waals surface area contributed by atoms with Crippen molar-refractivity contribution in [2.45, 2.75) is 13.5 Å². The third kappa shape index (κ3) is 3.33. The number of hydrogen-bond donors (Lipinski definition) is 0. The highest BCUT2D eigenvalue weighted by Crippen LogP contribution is 2.25. The minimum absolute atomic E-state index is 0.0590. The van der Waals surface area contributed by atoms with Crippen LogP contribution in [-0.4, -0.2) is 4.92 Å². The molecule has 2 aromatic rings. The van der Waals surface area contributed by atoms with Gasteiger partial charge in [0.25, 0.3) is 5.69 Å². The smallest absolute Gasteiger partial charge is 0.276 e. The van der Waals surface area contributed by atoms with Crippen LogP contribution in [0.25, 0.3) is 0 Å². The van der Waals surface area contributed by atoms with Gasteiger partial charge in [-0.2, -0.15) is 0 Å². The molecule has 0 amide bonds. The van der Waals surface area contributed by atoms with E-state index in [1.165, 1.54) is 0 Å². The number of halogens is 2. The van der Waals surface area contributed by atoms with Crippen molar-refractivity contribution in [2.75, 3.05) is 0 Å². The quantitative estimate of drug-likeness (QED) is 0.613. The lowest BCUT2D eigenvalue weighted by Crippen LogP contribution is -2.02. The zero-order chi connectivity index (χ0) is 14.7. The minimum atomic E-state index is -0.549. The first-order valence-electron chi connectivity index (χ1n) is 5.79. The van der Waals surface area contributed by atoms with Crippen LogP contribution in [0.3, 0.4) is 0 Å². The molecule has 0 saturated carbocycles. The molecule has 0 spiro atoms. The van der Waals surface area contributed by atoms with Crippen molar-refractivity contribution in [1.82, 2.24) is 0 Å². The van der Waals surface area contributed by atoms with E-state index in [0.29, 0.717) is 5.75 Å². The average molecular weight is 340 g/mol. The Morgan fingerprint density at radius 1 is 1.30 bits per heavy atom. The van der Waals surface area contributed by atoms with E-state index in [2.05, 4.69) is 15.9 Å². The summed E-state index contributed by atoms with van der Waals surface area (Å²) >= 11 is 3.34. The molecule has 0 unspecified atom stereocenters. The monoisotopic (exact) mass is 339 g/mol. The van der Waals surface area contributed by atoms with Crippen LogP contribution in [0.15, 0.2) is 40.9 Å². The summed E-state index contributed by atoms with van der Waals surface area (Å²) in [6.45, 7) is 1.80. The van der Waals surface area contributed by atoms with Gasteiger partial charge in [0.2, 0.25) is 0 Å². The molecule has 0 fully saturated rings. The number of aryl methyl sites for hydroxylation is 1. The van der Waals surface area contributed by atoms with Gasteiger partial charge in [-0.1, -0.05) is 15.9 Å². The van der Waals surface area contributed by atoms with Gasteiger partial charge in [-0.15, -0.1) is 0 Å². The zero-order valence-corrected chi connectivity index (χ0v) is 12.2. The largest absolute Gasteiger partial charge is 0.488 e. The van der Waals surface area contributed by atoms with Crippen LogP contribution < -0.4 is 4.74 Å². The first-order valence-corrected chi connectivity index (χ1v) is 6.58. The topological polar surface area (TPSA) is 52.4 Å². The van der Waals surface area contributed by atoms with Crippen LogP contribution in [-0.2, 0) is 6.61 Å². The fraction of sp³-hybridized carbons (Fsp3) is 0.143. The van der Waals surface area contributed by atoms with E-state index in [-0.39, 0.29) is 17.9 Å². The Balaban J connectivity index is 2.22. The molecule has 2 aromatic carbocycles. The minimum Gasteiger partial charge on any atom is -0.488 e. The highest BCUT2D eigenvalue weighted by atomic mass is 79.9. The molecule has 20 heavy (non-hydrogen) atoms. The molecule has 0 heterocycles. The lowest BCUT2D eigenvalue weighted by Gasteiger charge is -2.09. The van der Waals surface area contributed by atoms with Gasteiger partial charge in [0, 0.05) is 10.5 Å². The first kappa shape index (κ1) is 14.5. The number of rotatable bonds is 4. The molecular formula is C14H11BrFNO3. The maximum absolute atomic E-state index is 13.2. The Bertz CT molecular complexity index is 661. The summed E-state index contributed by atoms with van der Waals surface area (Å²) in [5.74, 6) is 0.0773. The molecule has 0 bridgehead atoms. The van der Waals surface area contributed by atoms with E-state index in [4.69, 9.17) is 4.74 Å². The lowest BCUT2D eigenvalue weighted by atomic mass is 10.2. The molecule has 2 rings (SSSR count). The fourth-order valence-corrected chi connectivity index (χ4v) is 2.25. The van der Waals surface area contributed by atoms with Crippen LogP contribution in [0.5, 0.6) is 5.75 Å². The van der Waals surface area contributed by atoms with Crippen LogP contribution >= 0.6 is 15.9 Å². The Kier molecular flexibility index (Phi) is 4.34. The summed E-state index contributed by atoms with van der Waals surface area (Å²) in [6.07, 6.45) is 0. The molecule has 4 nitrogen and oxygen atoms in total. The summed E-state index contributed by atoms with van der Waals surface area (Å²) < 4.78 is 19.6. The second-order valence-corrected chi connectivity index (χ2v) is 5.14. The fourth-order valence-electron chi connectivity index (χ4n) is 1.78. The third-order valence-electron chi connectivity index (χ3n) is 2.76. The summed E-state index contributed by atoms with van der Waals surface area (Å²) in [4.78, 5) is 10.3. The van der Waals surface area contributed by atoms with Gasteiger partial charge in [0.15, 0.2) is 0 Å². The van der Waals surface area contributed by atoms with Gasteiger partial charge in [0.05, 0.1) is 10.5 Å². The standard InChI is InChI=1S/C14H11BrFNO3/c1-9-6-11(15)2-5-14(9)20-8-10-7-12(16)3-4-13(10)17(18)19/h2-7H,8H2,1H3. The summed E-state index contributed by atoms with van der Waals surface area (Å²) in [5.41, 5.74) is 0.942. The second-order valence-electron chi connectivity index (χ2n) is 4.23.